The highest BCUT2D eigenvalue weighted by Crippen LogP contribution is 2.29. The predicted octanol–water partition coefficient (Wildman–Crippen LogP) is 3.67. The molecule has 0 aromatic heterocycles. The molecular weight excluding hydrogens is 232 g/mol. The average molecular weight is 266 g/mol. The molecule has 0 aromatic rings. The first-order valence-corrected chi connectivity index (χ1v) is 8.65. The van der Waals surface area contributed by atoms with Gasteiger partial charge in [-0.1, -0.05) is 27.2 Å². The van der Waals surface area contributed by atoms with Crippen LogP contribution < -0.4 is 5.32 Å². The van der Waals surface area contributed by atoms with Gasteiger partial charge in [-0.05, 0) is 70.0 Å². The maximum Gasteiger partial charge on any atom is 0.00940 e. The van der Waals surface area contributed by atoms with E-state index in [4.69, 9.17) is 0 Å². The van der Waals surface area contributed by atoms with Gasteiger partial charge in [-0.25, -0.2) is 0 Å². The standard InChI is InChI=1S/C17H34N2/c1-4-5-8-19-9-6-16(7-10-19)18-17-12-14(2)11-15(3)13-17/h14-18H,4-13H2,1-3H3. The summed E-state index contributed by atoms with van der Waals surface area (Å²) in [4.78, 5) is 2.66. The Balaban J connectivity index is 1.67. The van der Waals surface area contributed by atoms with Crippen LogP contribution in [-0.2, 0) is 0 Å². The zero-order valence-electron chi connectivity index (χ0n) is 13.3. The molecule has 2 heteroatoms. The van der Waals surface area contributed by atoms with Crippen LogP contribution in [0.3, 0.4) is 0 Å². The molecule has 2 aliphatic rings. The number of hydrogen-bond donors (Lipinski definition) is 1. The molecule has 1 N–H and O–H groups in total. The van der Waals surface area contributed by atoms with Gasteiger partial charge in [0.15, 0.2) is 0 Å². The van der Waals surface area contributed by atoms with Gasteiger partial charge in [0, 0.05) is 12.1 Å². The Bertz CT molecular complexity index is 236. The lowest BCUT2D eigenvalue weighted by Gasteiger charge is -2.38. The molecule has 0 bridgehead atoms. The summed E-state index contributed by atoms with van der Waals surface area (Å²) in [7, 11) is 0. The smallest absolute Gasteiger partial charge is 0.00940 e. The normalized spacial score (nSPS) is 34.6. The summed E-state index contributed by atoms with van der Waals surface area (Å²) >= 11 is 0. The highest BCUT2D eigenvalue weighted by Gasteiger charge is 2.27. The second kappa shape index (κ2) is 7.64. The van der Waals surface area contributed by atoms with E-state index in [1.54, 1.807) is 0 Å². The van der Waals surface area contributed by atoms with E-state index < -0.39 is 0 Å². The van der Waals surface area contributed by atoms with Crippen LogP contribution in [0.1, 0.15) is 65.7 Å². The Morgan fingerprint density at radius 3 is 2.16 bits per heavy atom. The topological polar surface area (TPSA) is 15.3 Å². The molecule has 112 valence electrons. The quantitative estimate of drug-likeness (QED) is 0.817. The highest BCUT2D eigenvalue weighted by atomic mass is 15.1. The molecule has 2 unspecified atom stereocenters. The van der Waals surface area contributed by atoms with E-state index in [1.807, 2.05) is 0 Å². The highest BCUT2D eigenvalue weighted by molar-refractivity contribution is 4.85. The van der Waals surface area contributed by atoms with Crippen molar-refractivity contribution in [2.75, 3.05) is 19.6 Å². The van der Waals surface area contributed by atoms with Crippen molar-refractivity contribution in [3.05, 3.63) is 0 Å². The molecule has 2 atom stereocenters. The second-order valence-corrected chi connectivity index (χ2v) is 7.25. The molecule has 0 amide bonds. The van der Waals surface area contributed by atoms with Gasteiger partial charge in [0.05, 0.1) is 0 Å². The van der Waals surface area contributed by atoms with E-state index in [9.17, 15) is 0 Å². The van der Waals surface area contributed by atoms with Gasteiger partial charge >= 0.3 is 0 Å². The molecule has 1 aliphatic carbocycles. The third-order valence-electron chi connectivity index (χ3n) is 5.07. The van der Waals surface area contributed by atoms with Crippen molar-refractivity contribution in [1.29, 1.82) is 0 Å². The predicted molar refractivity (Wildman–Crippen MR) is 83.5 cm³/mol. The Morgan fingerprint density at radius 1 is 0.947 bits per heavy atom. The summed E-state index contributed by atoms with van der Waals surface area (Å²) in [5, 5.41) is 3.97. The van der Waals surface area contributed by atoms with Crippen molar-refractivity contribution < 1.29 is 0 Å². The Labute approximate surface area is 120 Å². The van der Waals surface area contributed by atoms with Gasteiger partial charge in [0.2, 0.25) is 0 Å². The first-order valence-electron chi connectivity index (χ1n) is 8.65. The largest absolute Gasteiger partial charge is 0.311 e. The summed E-state index contributed by atoms with van der Waals surface area (Å²) in [5.41, 5.74) is 0. The Kier molecular flexibility index (Phi) is 6.15. The fraction of sp³-hybridized carbons (Fsp3) is 1.00. The van der Waals surface area contributed by atoms with Crippen LogP contribution in [-0.4, -0.2) is 36.6 Å². The van der Waals surface area contributed by atoms with Crippen LogP contribution in [0, 0.1) is 11.8 Å². The summed E-state index contributed by atoms with van der Waals surface area (Å²) in [5.74, 6) is 1.84. The lowest BCUT2D eigenvalue weighted by molar-refractivity contribution is 0.165. The Morgan fingerprint density at radius 2 is 1.58 bits per heavy atom. The van der Waals surface area contributed by atoms with Crippen molar-refractivity contribution >= 4 is 0 Å². The molecule has 2 fully saturated rings. The molecule has 1 aliphatic heterocycles. The third kappa shape index (κ3) is 5.07. The maximum atomic E-state index is 3.97. The van der Waals surface area contributed by atoms with Crippen molar-refractivity contribution in [3.63, 3.8) is 0 Å². The third-order valence-corrected chi connectivity index (χ3v) is 5.07. The van der Waals surface area contributed by atoms with Gasteiger partial charge < -0.3 is 10.2 Å². The molecule has 2 rings (SSSR count). The minimum absolute atomic E-state index is 0.792. The van der Waals surface area contributed by atoms with Crippen molar-refractivity contribution in [3.8, 4) is 0 Å². The number of hydrogen-bond acceptors (Lipinski definition) is 2. The van der Waals surface area contributed by atoms with Gasteiger partial charge in [-0.3, -0.25) is 0 Å². The zero-order valence-corrected chi connectivity index (χ0v) is 13.3. The summed E-state index contributed by atoms with van der Waals surface area (Å²) in [6.07, 6.45) is 9.67. The van der Waals surface area contributed by atoms with Gasteiger partial charge in [-0.15, -0.1) is 0 Å². The van der Waals surface area contributed by atoms with E-state index in [1.165, 1.54) is 64.6 Å². The molecule has 1 heterocycles. The van der Waals surface area contributed by atoms with E-state index in [0.29, 0.717) is 0 Å². The lowest BCUT2D eigenvalue weighted by atomic mass is 9.80. The number of likely N-dealkylation sites (tertiary alicyclic amines) is 1. The van der Waals surface area contributed by atoms with Gasteiger partial charge in [-0.2, -0.15) is 0 Å². The minimum Gasteiger partial charge on any atom is -0.311 e. The van der Waals surface area contributed by atoms with Crippen LogP contribution in [0.25, 0.3) is 0 Å². The molecule has 0 aromatic carbocycles. The molecule has 1 saturated carbocycles. The van der Waals surface area contributed by atoms with Gasteiger partial charge in [0.1, 0.15) is 0 Å². The van der Waals surface area contributed by atoms with E-state index in [-0.39, 0.29) is 0 Å². The van der Waals surface area contributed by atoms with Crippen LogP contribution in [0.15, 0.2) is 0 Å². The van der Waals surface area contributed by atoms with Crippen LogP contribution in [0.2, 0.25) is 0 Å². The summed E-state index contributed by atoms with van der Waals surface area (Å²) in [6, 6.07) is 1.59. The molecule has 1 saturated heterocycles. The number of nitrogens with zero attached hydrogens (tertiary/aromatic N) is 1. The molecule has 2 nitrogen and oxygen atoms in total. The summed E-state index contributed by atoms with van der Waals surface area (Å²) < 4.78 is 0. The van der Waals surface area contributed by atoms with E-state index in [2.05, 4.69) is 31.0 Å². The van der Waals surface area contributed by atoms with Crippen LogP contribution in [0.5, 0.6) is 0 Å². The first-order chi connectivity index (χ1) is 9.17. The average Bonchev–Trinajstić information content (AvgIpc) is 2.37. The number of nitrogens with one attached hydrogen (secondary N) is 1. The molecule has 19 heavy (non-hydrogen) atoms. The van der Waals surface area contributed by atoms with Crippen molar-refractivity contribution in [1.82, 2.24) is 10.2 Å². The van der Waals surface area contributed by atoms with E-state index >= 15 is 0 Å². The zero-order chi connectivity index (χ0) is 13.7. The number of unbranched alkanes of at least 4 members (excludes halogenated alkanes) is 1. The minimum atomic E-state index is 0.792. The van der Waals surface area contributed by atoms with Crippen molar-refractivity contribution in [2.24, 2.45) is 11.8 Å². The van der Waals surface area contributed by atoms with Crippen LogP contribution in [0.4, 0.5) is 0 Å². The number of piperidine rings is 1. The SMILES string of the molecule is CCCCN1CCC(NC2CC(C)CC(C)C2)CC1. The molecule has 0 spiro atoms. The molecular formula is C17H34N2. The van der Waals surface area contributed by atoms with Crippen molar-refractivity contribution in [2.45, 2.75) is 77.8 Å². The second-order valence-electron chi connectivity index (χ2n) is 7.25. The van der Waals surface area contributed by atoms with Gasteiger partial charge in [0.25, 0.3) is 0 Å². The fourth-order valence-corrected chi connectivity index (χ4v) is 4.12. The number of rotatable bonds is 5. The summed E-state index contributed by atoms with van der Waals surface area (Å²) in [6.45, 7) is 11.1. The monoisotopic (exact) mass is 266 g/mol. The Hall–Kier alpha value is -0.0800. The fourth-order valence-electron chi connectivity index (χ4n) is 4.12. The first kappa shape index (κ1) is 15.3. The maximum absolute atomic E-state index is 3.97. The lowest BCUT2D eigenvalue weighted by Crippen LogP contribution is -2.48. The van der Waals surface area contributed by atoms with Crippen LogP contribution >= 0.6 is 0 Å². The molecule has 0 radical (unpaired) electrons. The van der Waals surface area contributed by atoms with E-state index in [0.717, 1.165) is 23.9 Å².